The molecule has 1 N–H and O–H groups in total. The molecule has 1 aromatic heterocycles. The fourth-order valence-electron chi connectivity index (χ4n) is 2.79. The van der Waals surface area contributed by atoms with E-state index in [0.717, 1.165) is 22.1 Å². The van der Waals surface area contributed by atoms with Crippen LogP contribution in [0.15, 0.2) is 64.2 Å². The normalized spacial score (nSPS) is 13.3. The highest BCUT2D eigenvalue weighted by Crippen LogP contribution is 2.18. The minimum atomic E-state index is -0.778. The Morgan fingerprint density at radius 2 is 1.75 bits per heavy atom. The lowest BCUT2D eigenvalue weighted by Crippen LogP contribution is -2.46. The van der Waals surface area contributed by atoms with Gasteiger partial charge in [0.05, 0.1) is 12.2 Å². The van der Waals surface area contributed by atoms with Gasteiger partial charge in [0.25, 0.3) is 11.5 Å². The lowest BCUT2D eigenvalue weighted by molar-refractivity contribution is 0.0941. The average Bonchev–Trinajstić information content (AvgIpc) is 3.51. The summed E-state index contributed by atoms with van der Waals surface area (Å²) >= 11 is 0. The minimum Gasteiger partial charge on any atom is -0.348 e. The highest BCUT2D eigenvalue weighted by molar-refractivity contribution is 5.92. The quantitative estimate of drug-likeness (QED) is 0.726. The molecule has 0 saturated heterocycles. The van der Waals surface area contributed by atoms with Crippen LogP contribution >= 0.6 is 0 Å². The van der Waals surface area contributed by atoms with Crippen molar-refractivity contribution in [3.63, 3.8) is 0 Å². The molecule has 8 heteroatoms. The topological polar surface area (TPSA) is 86.0 Å². The summed E-state index contributed by atoms with van der Waals surface area (Å²) in [5.74, 6) is -1.03. The van der Waals surface area contributed by atoms with E-state index in [1.807, 2.05) is 0 Å². The highest BCUT2D eigenvalue weighted by atomic mass is 19.1. The van der Waals surface area contributed by atoms with Crippen molar-refractivity contribution < 1.29 is 9.18 Å². The molecule has 7 nitrogen and oxygen atoms in total. The zero-order chi connectivity index (χ0) is 19.7. The van der Waals surface area contributed by atoms with Crippen LogP contribution in [0.1, 0.15) is 28.9 Å². The van der Waals surface area contributed by atoms with E-state index in [4.69, 9.17) is 0 Å². The van der Waals surface area contributed by atoms with Gasteiger partial charge in [-0.25, -0.2) is 9.18 Å². The largest absolute Gasteiger partial charge is 0.352 e. The van der Waals surface area contributed by atoms with Gasteiger partial charge < -0.3 is 5.32 Å². The van der Waals surface area contributed by atoms with Crippen LogP contribution in [0, 0.1) is 5.82 Å². The molecule has 1 amide bonds. The molecule has 0 spiro atoms. The average molecular weight is 380 g/mol. The number of aromatic nitrogens is 3. The maximum absolute atomic E-state index is 13.2. The minimum absolute atomic E-state index is 0.0383. The summed E-state index contributed by atoms with van der Waals surface area (Å²) in [7, 11) is 0. The number of benzene rings is 2. The molecule has 2 aromatic carbocycles. The standard InChI is InChI=1S/C20H17FN4O3/c21-14-8-6-13(7-9-14)12-24-19(27)17(18(26)22-15-10-11-15)23-25(20(24)28)16-4-2-1-3-5-16/h1-9,15H,10-12H2,(H,22,26). The molecule has 1 aliphatic rings. The van der Waals surface area contributed by atoms with E-state index >= 15 is 0 Å². The second-order valence-electron chi connectivity index (χ2n) is 6.64. The molecule has 1 aliphatic carbocycles. The van der Waals surface area contributed by atoms with Crippen molar-refractivity contribution in [3.8, 4) is 5.69 Å². The van der Waals surface area contributed by atoms with E-state index in [1.165, 1.54) is 24.3 Å². The van der Waals surface area contributed by atoms with Gasteiger partial charge >= 0.3 is 5.69 Å². The van der Waals surface area contributed by atoms with Gasteiger partial charge in [-0.2, -0.15) is 9.78 Å². The van der Waals surface area contributed by atoms with Gasteiger partial charge in [0, 0.05) is 6.04 Å². The summed E-state index contributed by atoms with van der Waals surface area (Å²) in [4.78, 5) is 38.3. The lowest BCUT2D eigenvalue weighted by atomic mass is 10.2. The Bertz CT molecular complexity index is 1130. The van der Waals surface area contributed by atoms with Gasteiger partial charge in [0.2, 0.25) is 5.69 Å². The summed E-state index contributed by atoms with van der Waals surface area (Å²) in [6, 6.07) is 14.0. The number of amides is 1. The van der Waals surface area contributed by atoms with Crippen molar-refractivity contribution in [2.75, 3.05) is 0 Å². The van der Waals surface area contributed by atoms with Gasteiger partial charge in [0.15, 0.2) is 0 Å². The number of carbonyl (C=O) groups excluding carboxylic acids is 1. The third-order valence-electron chi connectivity index (χ3n) is 4.44. The molecule has 0 aliphatic heterocycles. The molecule has 1 saturated carbocycles. The molecule has 142 valence electrons. The van der Waals surface area contributed by atoms with Gasteiger partial charge in [-0.15, -0.1) is 0 Å². The SMILES string of the molecule is O=C(NC1CC1)c1nn(-c2ccccc2)c(=O)n(Cc2ccc(F)cc2)c1=O. The maximum Gasteiger partial charge on any atom is 0.352 e. The number of hydrogen-bond acceptors (Lipinski definition) is 4. The Labute approximate surface area is 159 Å². The third kappa shape index (κ3) is 3.62. The number of nitrogens with zero attached hydrogens (tertiary/aromatic N) is 3. The summed E-state index contributed by atoms with van der Waals surface area (Å²) < 4.78 is 15.1. The highest BCUT2D eigenvalue weighted by Gasteiger charge is 2.27. The van der Waals surface area contributed by atoms with E-state index in [-0.39, 0.29) is 18.3 Å². The molecule has 0 bridgehead atoms. The first-order chi connectivity index (χ1) is 13.5. The molecule has 0 radical (unpaired) electrons. The molecule has 1 fully saturated rings. The fraction of sp³-hybridized carbons (Fsp3) is 0.200. The summed E-state index contributed by atoms with van der Waals surface area (Å²) in [5, 5.41) is 6.77. The van der Waals surface area contributed by atoms with Gasteiger partial charge in [-0.05, 0) is 42.7 Å². The Morgan fingerprint density at radius 1 is 1.07 bits per heavy atom. The van der Waals surface area contributed by atoms with E-state index in [1.54, 1.807) is 30.3 Å². The molecule has 1 heterocycles. The maximum atomic E-state index is 13.2. The van der Waals surface area contributed by atoms with Crippen LogP contribution in [-0.2, 0) is 6.54 Å². The van der Waals surface area contributed by atoms with E-state index in [9.17, 15) is 18.8 Å². The monoisotopic (exact) mass is 380 g/mol. The zero-order valence-corrected chi connectivity index (χ0v) is 14.8. The van der Waals surface area contributed by atoms with Crippen LogP contribution in [-0.4, -0.2) is 26.3 Å². The first kappa shape index (κ1) is 17.8. The molecule has 0 atom stereocenters. The van der Waals surface area contributed by atoms with Crippen molar-refractivity contribution in [2.45, 2.75) is 25.4 Å². The Morgan fingerprint density at radius 3 is 2.39 bits per heavy atom. The fourth-order valence-corrected chi connectivity index (χ4v) is 2.79. The number of para-hydroxylation sites is 1. The van der Waals surface area contributed by atoms with Gasteiger partial charge in [-0.3, -0.25) is 14.2 Å². The van der Waals surface area contributed by atoms with Crippen molar-refractivity contribution in [1.29, 1.82) is 0 Å². The molecule has 0 unspecified atom stereocenters. The number of rotatable bonds is 5. The number of carbonyl (C=O) groups is 1. The van der Waals surface area contributed by atoms with Crippen LogP contribution in [0.2, 0.25) is 0 Å². The molecule has 4 rings (SSSR count). The first-order valence-electron chi connectivity index (χ1n) is 8.88. The number of hydrogen-bond donors (Lipinski definition) is 1. The van der Waals surface area contributed by atoms with Crippen LogP contribution in [0.4, 0.5) is 4.39 Å². The summed E-state index contributed by atoms with van der Waals surface area (Å²) in [6.07, 6.45) is 1.71. The predicted molar refractivity (Wildman–Crippen MR) is 100 cm³/mol. The third-order valence-corrected chi connectivity index (χ3v) is 4.44. The van der Waals surface area contributed by atoms with Crippen molar-refractivity contribution in [1.82, 2.24) is 19.7 Å². The van der Waals surface area contributed by atoms with Crippen molar-refractivity contribution in [3.05, 3.63) is 92.5 Å². The van der Waals surface area contributed by atoms with Crippen LogP contribution in [0.5, 0.6) is 0 Å². The van der Waals surface area contributed by atoms with Crippen molar-refractivity contribution in [2.24, 2.45) is 0 Å². The first-order valence-corrected chi connectivity index (χ1v) is 8.88. The molecular formula is C20H17FN4O3. The van der Waals surface area contributed by atoms with Crippen molar-refractivity contribution >= 4 is 5.91 Å². The van der Waals surface area contributed by atoms with E-state index in [0.29, 0.717) is 11.3 Å². The van der Waals surface area contributed by atoms with Gasteiger partial charge in [-0.1, -0.05) is 30.3 Å². The van der Waals surface area contributed by atoms with Crippen LogP contribution in [0.3, 0.4) is 0 Å². The second kappa shape index (κ2) is 7.22. The number of halogens is 1. The van der Waals surface area contributed by atoms with Crippen LogP contribution < -0.4 is 16.6 Å². The zero-order valence-electron chi connectivity index (χ0n) is 14.8. The van der Waals surface area contributed by atoms with E-state index in [2.05, 4.69) is 10.4 Å². The Balaban J connectivity index is 1.85. The smallest absolute Gasteiger partial charge is 0.348 e. The summed E-state index contributed by atoms with van der Waals surface area (Å²) in [6.45, 7) is -0.100. The van der Waals surface area contributed by atoms with Gasteiger partial charge in [0.1, 0.15) is 5.82 Å². The number of nitrogens with one attached hydrogen (secondary N) is 1. The van der Waals surface area contributed by atoms with E-state index < -0.39 is 23.0 Å². The second-order valence-corrected chi connectivity index (χ2v) is 6.64. The summed E-state index contributed by atoms with van der Waals surface area (Å²) in [5.41, 5.74) is -0.818. The molecule has 28 heavy (non-hydrogen) atoms. The van der Waals surface area contributed by atoms with Crippen LogP contribution in [0.25, 0.3) is 5.69 Å². The Kier molecular flexibility index (Phi) is 4.60. The predicted octanol–water partition coefficient (Wildman–Crippen LogP) is 1.47. The molecule has 3 aromatic rings. The molecular weight excluding hydrogens is 363 g/mol. The lowest BCUT2D eigenvalue weighted by Gasteiger charge is -2.12. The Hall–Kier alpha value is -3.55.